The molecule has 4 aliphatic heterocycles. The number of aliphatic hydroxyl groups excluding tert-OH is 4. The topological polar surface area (TPSA) is 574 Å². The third-order valence-corrected chi connectivity index (χ3v) is 17.1. The lowest BCUT2D eigenvalue weighted by Gasteiger charge is -2.37. The van der Waals surface area contributed by atoms with Crippen LogP contribution in [0.2, 0.25) is 0 Å². The fraction of sp³-hybridized carbons (Fsp3) is 0.531. The lowest BCUT2D eigenvalue weighted by atomic mass is 10.0. The molecule has 408 valence electrons. The average Bonchev–Trinajstić information content (AvgIpc) is 4.23. The van der Waals surface area contributed by atoms with E-state index in [0.717, 1.165) is 28.1 Å². The summed E-state index contributed by atoms with van der Waals surface area (Å²) in [5.41, 5.74) is 12.8. The molecule has 0 aliphatic carbocycles. The highest BCUT2D eigenvalue weighted by atomic mass is 31.3. The van der Waals surface area contributed by atoms with E-state index in [1.807, 2.05) is 0 Å². The lowest BCUT2D eigenvalue weighted by Crippen LogP contribution is -2.46. The number of hydrogen-bond acceptors (Lipinski definition) is 33. The highest BCUT2D eigenvalue weighted by molar-refractivity contribution is 7.65. The number of anilines is 3. The number of aryl methyl sites for hydroxylation is 1. The van der Waals surface area contributed by atoms with Crippen molar-refractivity contribution < 1.29 is 108 Å². The highest BCUT2D eigenvalue weighted by Crippen LogP contribution is 2.64. The van der Waals surface area contributed by atoms with Crippen LogP contribution in [0.5, 0.6) is 0 Å². The zero-order valence-electron chi connectivity index (χ0n) is 37.4. The standard InChI is InChI=1S/C32H41N15O24P4/c1-44-9-47(24-14(44)26(53)43-31(35)41-24)28-18(51)16(49)11(67-28)3-64-73(56,57)70-75(60,61)71-74(58,59)65-5-32-4-62-19(29(68-32)45-7-38-12-21(33)36-6-37-22(12)45)20(32)69-72(54,55)63-2-10-15(48)17(50)27(66-10)46-8-39-13-23(46)40-30(34)42-25(13)52/h6-11,15-20,27-29,48-51H,2-5H2,1H3,(H11-,33,34,35,36,37,40,41,42,43,52,53,54,55,56,57,58,59,60,61)/p-3/t10-,11-,15?,16?,17+,18+,19?,20-,27-,28-,29-,32-/m1/s1. The second kappa shape index (κ2) is 19.1. The molecule has 10 rings (SSSR count). The Morgan fingerprint density at radius 2 is 1.37 bits per heavy atom. The molecule has 75 heavy (non-hydrogen) atoms. The van der Waals surface area contributed by atoms with E-state index in [1.165, 1.54) is 22.5 Å². The fourth-order valence-electron chi connectivity index (χ4n) is 8.70. The molecule has 12 N–H and O–H groups in total. The summed E-state index contributed by atoms with van der Waals surface area (Å²) in [5, 5.41) is 43.1. The van der Waals surface area contributed by atoms with Crippen molar-refractivity contribution in [1.82, 2.24) is 53.6 Å². The maximum atomic E-state index is 13.6. The van der Waals surface area contributed by atoms with Crippen molar-refractivity contribution in [2.24, 2.45) is 7.05 Å². The van der Waals surface area contributed by atoms with E-state index in [-0.39, 0.29) is 51.2 Å². The van der Waals surface area contributed by atoms with Gasteiger partial charge in [0.15, 0.2) is 41.4 Å². The fourth-order valence-corrected chi connectivity index (χ4v) is 13.1. The Balaban J connectivity index is 0.809. The molecule has 39 nitrogen and oxygen atoms in total. The Hall–Kier alpha value is -5.15. The Morgan fingerprint density at radius 3 is 2.09 bits per heavy atom. The van der Waals surface area contributed by atoms with Crippen LogP contribution in [0.25, 0.3) is 33.5 Å². The molecule has 2 bridgehead atoms. The summed E-state index contributed by atoms with van der Waals surface area (Å²) in [4.78, 5) is 105. The molecule has 0 aromatic carbocycles. The van der Waals surface area contributed by atoms with Crippen LogP contribution < -0.4 is 52.5 Å². The molecule has 4 aliphatic rings. The van der Waals surface area contributed by atoms with Gasteiger partial charge >= 0.3 is 5.65 Å². The quantitative estimate of drug-likeness (QED) is 0.0285. The summed E-state index contributed by atoms with van der Waals surface area (Å²) in [5.74, 6) is -0.769. The number of fused-ring (bicyclic) bond motifs is 5. The van der Waals surface area contributed by atoms with Crippen molar-refractivity contribution >= 4 is 82.5 Å². The van der Waals surface area contributed by atoms with Gasteiger partial charge < -0.3 is 94.2 Å². The van der Waals surface area contributed by atoms with Gasteiger partial charge in [-0.05, 0) is 0 Å². The minimum atomic E-state index is -6.60. The number of aromatic amines is 2. The van der Waals surface area contributed by atoms with Crippen molar-refractivity contribution in [3.8, 4) is 0 Å². The van der Waals surface area contributed by atoms with Crippen molar-refractivity contribution in [3.63, 3.8) is 0 Å². The first-order chi connectivity index (χ1) is 35.2. The van der Waals surface area contributed by atoms with Crippen LogP contribution in [0.3, 0.4) is 0 Å². The van der Waals surface area contributed by atoms with Crippen molar-refractivity contribution in [1.29, 1.82) is 0 Å². The van der Waals surface area contributed by atoms with E-state index >= 15 is 0 Å². The molecule has 6 aromatic rings. The van der Waals surface area contributed by atoms with Crippen LogP contribution in [-0.4, -0.2) is 155 Å². The first-order valence-electron chi connectivity index (χ1n) is 21.2. The largest absolute Gasteiger partial charge is 0.756 e. The van der Waals surface area contributed by atoms with Crippen LogP contribution in [0, 0.1) is 0 Å². The number of nitrogens with two attached hydrogens (primary N) is 3. The Kier molecular flexibility index (Phi) is 13.6. The van der Waals surface area contributed by atoms with E-state index in [4.69, 9.17) is 49.7 Å². The molecule has 6 aromatic heterocycles. The Morgan fingerprint density at radius 1 is 0.760 bits per heavy atom. The van der Waals surface area contributed by atoms with Crippen molar-refractivity contribution in [2.75, 3.05) is 43.6 Å². The number of phosphoric acid groups is 4. The molecular formula is C32H38N15O24P4-3. The SMILES string of the molecule is Cn1c[n+]([C@@H]2O[C@H](COP(=O)([O-])OP(=O)([O-])OP(=O)([O-])OC[C@@]34COC([C@H](n5cnc6c(N)ncnc65)O3)[C@H]4OP(=O)([O-])OC[C@H]3O[C@@H](n4cnc5c(=O)[nH]c(N)nc54)[C@@H](O)C3O)C(O)[C@@H]2O)c2nc(N)[nH]c(=O)c21. The van der Waals surface area contributed by atoms with Gasteiger partial charge in [0.25, 0.3) is 48.4 Å². The number of rotatable bonds is 18. The number of ether oxygens (including phenoxy) is 4. The highest BCUT2D eigenvalue weighted by Gasteiger charge is 2.65. The minimum Gasteiger partial charge on any atom is -0.756 e. The van der Waals surface area contributed by atoms with E-state index in [2.05, 4.69) is 53.0 Å². The number of H-pyrrole nitrogens is 2. The number of aromatic nitrogens is 12. The van der Waals surface area contributed by atoms with Gasteiger partial charge in [-0.2, -0.15) is 4.98 Å². The molecular weight excluding hydrogens is 1100 g/mol. The molecule has 4 saturated heterocycles. The minimum absolute atomic E-state index is 0.0189. The molecule has 4 fully saturated rings. The summed E-state index contributed by atoms with van der Waals surface area (Å²) in [6.07, 6.45) is -14.5. The predicted octanol–water partition coefficient (Wildman–Crippen LogP) is -7.48. The van der Waals surface area contributed by atoms with Gasteiger partial charge in [0.1, 0.15) is 66.3 Å². The number of nitrogens with zero attached hydrogens (tertiary/aromatic N) is 10. The van der Waals surface area contributed by atoms with Gasteiger partial charge in [-0.15, -0.1) is 0 Å². The number of hydrogen-bond donors (Lipinski definition) is 9. The lowest BCUT2D eigenvalue weighted by molar-refractivity contribution is -0.745. The normalized spacial score (nSPS) is 32.0. The molecule has 10 heterocycles. The third-order valence-electron chi connectivity index (χ3n) is 12.0. The number of nitrogens with one attached hydrogen (secondary N) is 2. The van der Waals surface area contributed by atoms with Crippen molar-refractivity contribution in [3.05, 3.63) is 46.0 Å². The van der Waals surface area contributed by atoms with Crippen LogP contribution in [-0.2, 0) is 71.0 Å². The maximum absolute atomic E-state index is 13.6. The van der Waals surface area contributed by atoms with Crippen LogP contribution in [0.1, 0.15) is 18.7 Å². The summed E-state index contributed by atoms with van der Waals surface area (Å²) >= 11 is 0. The smallest absolute Gasteiger partial charge is 0.313 e. The molecule has 0 radical (unpaired) electrons. The van der Waals surface area contributed by atoms with Gasteiger partial charge in [-0.25, -0.2) is 33.1 Å². The monoisotopic (exact) mass is 1140 g/mol. The van der Waals surface area contributed by atoms with Crippen molar-refractivity contribution in [2.45, 2.75) is 73.1 Å². The number of nitrogen functional groups attached to an aromatic ring is 3. The predicted molar refractivity (Wildman–Crippen MR) is 228 cm³/mol. The van der Waals surface area contributed by atoms with Gasteiger partial charge in [-0.3, -0.25) is 51.5 Å². The molecule has 0 amide bonds. The first-order valence-corrected chi connectivity index (χ1v) is 27.0. The molecule has 43 heteroatoms. The second-order valence-corrected chi connectivity index (χ2v) is 22.8. The van der Waals surface area contributed by atoms with Gasteiger partial charge in [0.2, 0.25) is 17.7 Å². The van der Waals surface area contributed by atoms with E-state index in [1.54, 1.807) is 0 Å². The van der Waals surface area contributed by atoms with Gasteiger partial charge in [0, 0.05) is 0 Å². The Labute approximate surface area is 413 Å². The second-order valence-electron chi connectivity index (χ2n) is 16.9. The average molecular weight is 1140 g/mol. The first kappa shape index (κ1) is 53.3. The molecule has 0 spiro atoms. The number of phosphoric ester groups is 3. The van der Waals surface area contributed by atoms with E-state index < -0.39 is 142 Å². The van der Waals surface area contributed by atoms with Crippen LogP contribution in [0.4, 0.5) is 17.7 Å². The van der Waals surface area contributed by atoms with Gasteiger partial charge in [-0.1, -0.05) is 4.98 Å². The van der Waals surface area contributed by atoms with Crippen LogP contribution in [0.15, 0.2) is 34.9 Å². The third kappa shape index (κ3) is 9.95. The zero-order chi connectivity index (χ0) is 53.9. The number of imidazole rings is 3. The molecule has 7 unspecified atom stereocenters. The van der Waals surface area contributed by atoms with Crippen LogP contribution >= 0.6 is 31.3 Å². The summed E-state index contributed by atoms with van der Waals surface area (Å²) in [6.45, 7) is -4.49. The van der Waals surface area contributed by atoms with Gasteiger partial charge in [0.05, 0.1) is 46.1 Å². The molecule has 16 atom stereocenters. The van der Waals surface area contributed by atoms with E-state index in [0.29, 0.717) is 0 Å². The Bertz CT molecular complexity index is 3540. The summed E-state index contributed by atoms with van der Waals surface area (Å²) in [6, 6.07) is 0. The summed E-state index contributed by atoms with van der Waals surface area (Å²) in [7, 11) is -23.4. The zero-order valence-corrected chi connectivity index (χ0v) is 41.0. The summed E-state index contributed by atoms with van der Waals surface area (Å²) < 4.78 is 107. The molecule has 0 saturated carbocycles. The maximum Gasteiger partial charge on any atom is 0.313 e. The number of aliphatic hydroxyl groups is 4. The van der Waals surface area contributed by atoms with E-state index in [9.17, 15) is 67.8 Å².